The Morgan fingerprint density at radius 2 is 1.12 bits per heavy atom. The molecule has 0 aliphatic carbocycles. The maximum Gasteiger partial charge on any atom is 0.260 e. The summed E-state index contributed by atoms with van der Waals surface area (Å²) in [6.45, 7) is 2.13. The van der Waals surface area contributed by atoms with E-state index in [1.54, 1.807) is 0 Å². The van der Waals surface area contributed by atoms with Gasteiger partial charge in [-0.15, -0.1) is 0 Å². The van der Waals surface area contributed by atoms with Crippen LogP contribution in [0.4, 0.5) is 17.1 Å². The second kappa shape index (κ2) is 10.4. The Kier molecular flexibility index (Phi) is 5.85. The van der Waals surface area contributed by atoms with Gasteiger partial charge in [0.15, 0.2) is 0 Å². The Bertz CT molecular complexity index is 2470. The lowest BCUT2D eigenvalue weighted by atomic mass is 9.35. The smallest absolute Gasteiger partial charge is 0.260 e. The van der Waals surface area contributed by atoms with E-state index in [4.69, 9.17) is 13.9 Å². The number of nitrogens with zero attached hydrogens (tertiary/aromatic N) is 1. The number of para-hydroxylation sites is 3. The van der Waals surface area contributed by atoms with E-state index in [9.17, 15) is 0 Å². The van der Waals surface area contributed by atoms with E-state index in [2.05, 4.69) is 139 Å². The van der Waals surface area contributed by atoms with Crippen molar-refractivity contribution in [3.63, 3.8) is 0 Å². The van der Waals surface area contributed by atoms with Gasteiger partial charge < -0.3 is 18.8 Å². The second-order valence-corrected chi connectivity index (χ2v) is 12.6. The van der Waals surface area contributed by atoms with Crippen molar-refractivity contribution in [2.75, 3.05) is 4.90 Å². The Morgan fingerprint density at radius 3 is 1.83 bits per heavy atom. The predicted molar refractivity (Wildman–Crippen MR) is 196 cm³/mol. The third kappa shape index (κ3) is 4.11. The van der Waals surface area contributed by atoms with E-state index in [0.717, 1.165) is 89.5 Å². The molecule has 226 valence electrons. The molecule has 3 heterocycles. The molecule has 2 aliphatic rings. The molecule has 0 fully saturated rings. The number of benzene rings is 7. The number of hydrogen-bond acceptors (Lipinski definition) is 4. The first-order valence-corrected chi connectivity index (χ1v) is 16.3. The molecule has 8 aromatic rings. The van der Waals surface area contributed by atoms with Crippen LogP contribution in [0.15, 0.2) is 156 Å². The minimum absolute atomic E-state index is 0.0125. The van der Waals surface area contributed by atoms with Gasteiger partial charge in [0.2, 0.25) is 0 Å². The van der Waals surface area contributed by atoms with E-state index >= 15 is 0 Å². The molecule has 1 aromatic heterocycles. The van der Waals surface area contributed by atoms with Crippen LogP contribution >= 0.6 is 0 Å². The molecule has 2 aliphatic heterocycles. The predicted octanol–water partition coefficient (Wildman–Crippen LogP) is 9.76. The standard InChI is InChI=1S/C43H28BNO3/c1-27-19-21-29(22-20-27)45(36-26-40-33(31-13-5-8-16-37(31)46-40)25-32(36)28-11-3-2-4-12-28)30-23-41-43-42(24-30)48-39-18-10-7-15-35(39)44(43)34-14-6-9-17-38(34)47-41/h2-26H,1H3. The van der Waals surface area contributed by atoms with Gasteiger partial charge >= 0.3 is 0 Å². The third-order valence-electron chi connectivity index (χ3n) is 9.65. The van der Waals surface area contributed by atoms with Crippen molar-refractivity contribution < 1.29 is 13.9 Å². The summed E-state index contributed by atoms with van der Waals surface area (Å²) < 4.78 is 19.9. The first-order chi connectivity index (χ1) is 23.7. The highest BCUT2D eigenvalue weighted by molar-refractivity contribution is 6.98. The molecular formula is C43H28BNO3. The summed E-state index contributed by atoms with van der Waals surface area (Å²) >= 11 is 0. The van der Waals surface area contributed by atoms with Crippen LogP contribution in [0.25, 0.3) is 33.1 Å². The van der Waals surface area contributed by atoms with Crippen molar-refractivity contribution in [2.24, 2.45) is 0 Å². The topological polar surface area (TPSA) is 34.8 Å². The minimum Gasteiger partial charge on any atom is -0.458 e. The second-order valence-electron chi connectivity index (χ2n) is 12.6. The first-order valence-electron chi connectivity index (χ1n) is 16.3. The minimum atomic E-state index is 0.0125. The lowest BCUT2D eigenvalue weighted by molar-refractivity contribution is 0.465. The van der Waals surface area contributed by atoms with Gasteiger partial charge in [-0.25, -0.2) is 0 Å². The van der Waals surface area contributed by atoms with Gasteiger partial charge in [0.1, 0.15) is 34.2 Å². The van der Waals surface area contributed by atoms with Crippen molar-refractivity contribution in [1.29, 1.82) is 0 Å². The van der Waals surface area contributed by atoms with Gasteiger partial charge in [-0.1, -0.05) is 103 Å². The molecule has 0 unspecified atom stereocenters. The molecule has 0 amide bonds. The quantitative estimate of drug-likeness (QED) is 0.184. The van der Waals surface area contributed by atoms with Gasteiger partial charge in [-0.3, -0.25) is 0 Å². The molecule has 0 saturated carbocycles. The summed E-state index contributed by atoms with van der Waals surface area (Å²) in [6.07, 6.45) is 0. The van der Waals surface area contributed by atoms with Crippen molar-refractivity contribution in [3.8, 4) is 34.1 Å². The lowest BCUT2D eigenvalue weighted by Gasteiger charge is -2.35. The van der Waals surface area contributed by atoms with Crippen LogP contribution in [-0.2, 0) is 0 Å². The van der Waals surface area contributed by atoms with E-state index < -0.39 is 0 Å². The molecule has 48 heavy (non-hydrogen) atoms. The molecule has 0 radical (unpaired) electrons. The van der Waals surface area contributed by atoms with E-state index in [1.807, 2.05) is 24.3 Å². The number of fused-ring (bicyclic) bond motifs is 7. The average molecular weight is 618 g/mol. The number of furan rings is 1. The lowest BCUT2D eigenvalue weighted by Crippen LogP contribution is -2.57. The maximum absolute atomic E-state index is 6.72. The van der Waals surface area contributed by atoms with Crippen LogP contribution in [-0.4, -0.2) is 6.71 Å². The molecule has 4 nitrogen and oxygen atoms in total. The molecule has 10 rings (SSSR count). The Hall–Kier alpha value is -6.20. The monoisotopic (exact) mass is 617 g/mol. The average Bonchev–Trinajstić information content (AvgIpc) is 3.50. The van der Waals surface area contributed by atoms with Crippen LogP contribution < -0.4 is 30.8 Å². The molecular weight excluding hydrogens is 589 g/mol. The molecule has 0 N–H and O–H groups in total. The fourth-order valence-electron chi connectivity index (χ4n) is 7.42. The highest BCUT2D eigenvalue weighted by atomic mass is 16.5. The fraction of sp³-hybridized carbons (Fsp3) is 0.0233. The summed E-state index contributed by atoms with van der Waals surface area (Å²) in [5, 5.41) is 2.18. The normalized spacial score (nSPS) is 12.6. The molecule has 0 bridgehead atoms. The molecule has 0 spiro atoms. The number of hydrogen-bond donors (Lipinski definition) is 0. The zero-order chi connectivity index (χ0) is 31.8. The van der Waals surface area contributed by atoms with Crippen molar-refractivity contribution in [3.05, 3.63) is 157 Å². The van der Waals surface area contributed by atoms with E-state index in [-0.39, 0.29) is 6.71 Å². The van der Waals surface area contributed by atoms with Crippen LogP contribution in [0.3, 0.4) is 0 Å². The zero-order valence-electron chi connectivity index (χ0n) is 26.2. The van der Waals surface area contributed by atoms with Crippen LogP contribution in [0.1, 0.15) is 5.56 Å². The SMILES string of the molecule is Cc1ccc(N(c2cc3c4c(c2)Oc2ccccc2B4c2ccccc2O3)c2cc3oc4ccccc4c3cc2-c2ccccc2)cc1. The van der Waals surface area contributed by atoms with Gasteiger partial charge in [0.25, 0.3) is 6.71 Å². The van der Waals surface area contributed by atoms with Crippen LogP contribution in [0.2, 0.25) is 0 Å². The van der Waals surface area contributed by atoms with Crippen LogP contribution in [0.5, 0.6) is 23.0 Å². The highest BCUT2D eigenvalue weighted by Crippen LogP contribution is 2.47. The summed E-state index contributed by atoms with van der Waals surface area (Å²) in [5.41, 5.74) is 11.4. The molecule has 7 aromatic carbocycles. The Balaban J connectivity index is 1.26. The summed E-state index contributed by atoms with van der Waals surface area (Å²) in [7, 11) is 0. The van der Waals surface area contributed by atoms with Gasteiger partial charge in [-0.05, 0) is 59.8 Å². The van der Waals surface area contributed by atoms with E-state index in [1.165, 1.54) is 5.56 Å². The van der Waals surface area contributed by atoms with Gasteiger partial charge in [-0.2, -0.15) is 0 Å². The van der Waals surface area contributed by atoms with Crippen molar-refractivity contribution in [1.82, 2.24) is 0 Å². The number of anilines is 3. The van der Waals surface area contributed by atoms with Crippen LogP contribution in [0, 0.1) is 6.92 Å². The summed E-state index contributed by atoms with van der Waals surface area (Å²) in [6, 6.07) is 52.9. The van der Waals surface area contributed by atoms with E-state index in [0.29, 0.717) is 0 Å². The molecule has 5 heteroatoms. The number of aryl methyl sites for hydroxylation is 1. The zero-order valence-corrected chi connectivity index (χ0v) is 26.2. The van der Waals surface area contributed by atoms with Gasteiger partial charge in [0.05, 0.1) is 11.4 Å². The van der Waals surface area contributed by atoms with Crippen molar-refractivity contribution in [2.45, 2.75) is 6.92 Å². The van der Waals surface area contributed by atoms with Crippen molar-refractivity contribution >= 4 is 62.1 Å². The largest absolute Gasteiger partial charge is 0.458 e. The summed E-state index contributed by atoms with van der Waals surface area (Å²) in [5.74, 6) is 3.32. The number of ether oxygens (including phenoxy) is 2. The molecule has 0 atom stereocenters. The Morgan fingerprint density at radius 1 is 0.500 bits per heavy atom. The summed E-state index contributed by atoms with van der Waals surface area (Å²) in [4.78, 5) is 2.30. The maximum atomic E-state index is 6.72. The highest BCUT2D eigenvalue weighted by Gasteiger charge is 2.40. The molecule has 0 saturated heterocycles. The number of rotatable bonds is 4. The van der Waals surface area contributed by atoms with Gasteiger partial charge in [0, 0.05) is 45.7 Å². The fourth-order valence-corrected chi connectivity index (χ4v) is 7.42. The third-order valence-corrected chi connectivity index (χ3v) is 9.65. The Labute approximate surface area is 278 Å². The first kappa shape index (κ1) is 27.0.